The van der Waals surface area contributed by atoms with Gasteiger partial charge in [-0.2, -0.15) is 0 Å². The molecule has 0 aromatic heterocycles. The Labute approximate surface area is 258 Å². The van der Waals surface area contributed by atoms with E-state index >= 15 is 0 Å². The number of nitrogens with one attached hydrogen (secondary N) is 3. The van der Waals surface area contributed by atoms with Gasteiger partial charge in [0.1, 0.15) is 22.0 Å². The zero-order valence-electron chi connectivity index (χ0n) is 24.8. The summed E-state index contributed by atoms with van der Waals surface area (Å²) in [6, 6.07) is -3.11. The van der Waals surface area contributed by atoms with Gasteiger partial charge in [-0.05, 0) is 58.8 Å². The molecular weight excluding hydrogens is 583 g/mol. The van der Waals surface area contributed by atoms with E-state index in [0.29, 0.717) is 12.8 Å². The maximum absolute atomic E-state index is 14.1. The van der Waals surface area contributed by atoms with E-state index in [2.05, 4.69) is 29.1 Å². The van der Waals surface area contributed by atoms with Gasteiger partial charge in [0.25, 0.3) is 5.91 Å². The summed E-state index contributed by atoms with van der Waals surface area (Å²) in [5.74, 6) is -3.70. The molecule has 1 aliphatic heterocycles. The number of hydrogen-bond donors (Lipinski definition) is 3. The van der Waals surface area contributed by atoms with Crippen LogP contribution in [-0.2, 0) is 23.9 Å². The third-order valence-corrected chi connectivity index (χ3v) is 9.16. The molecule has 5 atom stereocenters. The minimum Gasteiger partial charge on any atom is -0.444 e. The molecule has 1 heterocycles. The highest BCUT2D eigenvalue weighted by Crippen LogP contribution is 2.65. The lowest BCUT2D eigenvalue weighted by molar-refractivity contribution is -0.144. The van der Waals surface area contributed by atoms with Gasteiger partial charge in [-0.3, -0.25) is 19.2 Å². The number of alkyl carbamates (subject to hydrolysis) is 1. The molecule has 1 saturated heterocycles. The first-order chi connectivity index (χ1) is 19.7. The fraction of sp³-hybridized carbons (Fsp3) is 0.700. The average Bonchev–Trinajstić information content (AvgIpc) is 3.24. The van der Waals surface area contributed by atoms with Crippen LogP contribution in [0.15, 0.2) is 25.3 Å². The predicted molar refractivity (Wildman–Crippen MR) is 161 cm³/mol. The predicted octanol–water partition coefficient (Wildman–Crippen LogP) is 3.80. The van der Waals surface area contributed by atoms with Gasteiger partial charge in [0, 0.05) is 24.9 Å². The molecule has 0 aromatic rings. The first-order valence-electron chi connectivity index (χ1n) is 14.7. The molecule has 2 saturated carbocycles. The van der Waals surface area contributed by atoms with Gasteiger partial charge in [0.2, 0.25) is 17.6 Å². The number of Topliss-reactive ketones (excluding diaryl/α,β-unsaturated/α-hetero) is 1. The Balaban J connectivity index is 1.83. The zero-order valence-corrected chi connectivity index (χ0v) is 26.3. The van der Waals surface area contributed by atoms with Crippen LogP contribution in [0.5, 0.6) is 0 Å². The Kier molecular flexibility index (Phi) is 11.5. The summed E-state index contributed by atoms with van der Waals surface area (Å²) in [5, 5.41) is 8.01. The number of rotatable bonds is 13. The van der Waals surface area contributed by atoms with Crippen molar-refractivity contribution in [1.29, 1.82) is 0 Å². The van der Waals surface area contributed by atoms with E-state index in [1.807, 2.05) is 0 Å². The van der Waals surface area contributed by atoms with Gasteiger partial charge in [0.05, 0.1) is 6.04 Å². The van der Waals surface area contributed by atoms with E-state index in [0.717, 1.165) is 32.1 Å². The van der Waals surface area contributed by atoms with Crippen molar-refractivity contribution in [3.8, 4) is 0 Å². The number of nitrogens with zero attached hydrogens (tertiary/aromatic N) is 1. The lowest BCUT2D eigenvalue weighted by Crippen LogP contribution is -2.60. The van der Waals surface area contributed by atoms with Crippen molar-refractivity contribution in [2.45, 2.75) is 100 Å². The summed E-state index contributed by atoms with van der Waals surface area (Å²) in [5.41, 5.74) is -0.760. The average molecular weight is 628 g/mol. The molecule has 3 N–H and O–H groups in total. The Bertz CT molecular complexity index is 1070. The second-order valence-corrected chi connectivity index (χ2v) is 13.8. The van der Waals surface area contributed by atoms with E-state index in [4.69, 9.17) is 27.9 Å². The van der Waals surface area contributed by atoms with Crippen LogP contribution < -0.4 is 16.0 Å². The van der Waals surface area contributed by atoms with Crippen molar-refractivity contribution in [2.24, 2.45) is 17.8 Å². The number of piperidine rings is 1. The molecule has 1 unspecified atom stereocenters. The van der Waals surface area contributed by atoms with Crippen LogP contribution in [0.3, 0.4) is 0 Å². The largest absolute Gasteiger partial charge is 0.444 e. The number of amides is 4. The van der Waals surface area contributed by atoms with Crippen LogP contribution in [0.1, 0.15) is 72.1 Å². The highest BCUT2D eigenvalue weighted by Gasteiger charge is 2.74. The molecule has 12 heteroatoms. The second-order valence-electron chi connectivity index (χ2n) is 12.4. The van der Waals surface area contributed by atoms with Crippen molar-refractivity contribution in [1.82, 2.24) is 20.9 Å². The first kappa shape index (κ1) is 33.9. The van der Waals surface area contributed by atoms with E-state index in [-0.39, 0.29) is 31.3 Å². The number of carbonyl (C=O) groups is 5. The number of hydrogen-bond acceptors (Lipinski definition) is 6. The van der Waals surface area contributed by atoms with Gasteiger partial charge in [-0.15, -0.1) is 36.4 Å². The number of ketones is 1. The highest BCUT2D eigenvalue weighted by molar-refractivity contribution is 6.51. The maximum atomic E-state index is 14.1. The summed E-state index contributed by atoms with van der Waals surface area (Å²) in [6.07, 6.45) is 7.88. The summed E-state index contributed by atoms with van der Waals surface area (Å²) in [6.45, 7) is 12.8. The molecule has 0 spiro atoms. The first-order valence-corrected chi connectivity index (χ1v) is 15.5. The minimum absolute atomic E-state index is 0.126. The normalized spacial score (nSPS) is 24.4. The molecule has 3 fully saturated rings. The monoisotopic (exact) mass is 626 g/mol. The zero-order chi connectivity index (χ0) is 31.2. The van der Waals surface area contributed by atoms with Crippen molar-refractivity contribution in [3.05, 3.63) is 25.3 Å². The van der Waals surface area contributed by atoms with Crippen molar-refractivity contribution >= 4 is 52.8 Å². The van der Waals surface area contributed by atoms with Gasteiger partial charge in [-0.1, -0.05) is 31.4 Å². The SMILES string of the molecule is C=CCCNC(=O)C(=O)C(CCC=C)NC(=O)[C@@H]1[C@@H]2[C@H](CN1C(=O)[C@@H](NC(=O)OC(C)(C)C)C1CCCCC1)C2(Cl)Cl. The Hall–Kier alpha value is -2.59. The summed E-state index contributed by atoms with van der Waals surface area (Å²) >= 11 is 13.0. The number of fused-ring (bicyclic) bond motifs is 1. The number of allylic oxidation sites excluding steroid dienone is 1. The maximum Gasteiger partial charge on any atom is 0.408 e. The number of alkyl halides is 2. The second kappa shape index (κ2) is 14.3. The van der Waals surface area contributed by atoms with Crippen LogP contribution in [0.2, 0.25) is 0 Å². The number of halogens is 2. The minimum atomic E-state index is -1.21. The smallest absolute Gasteiger partial charge is 0.408 e. The highest BCUT2D eigenvalue weighted by atomic mass is 35.5. The number of carbonyl (C=O) groups excluding carboxylic acids is 5. The Morgan fingerprint density at radius 2 is 1.67 bits per heavy atom. The fourth-order valence-corrected chi connectivity index (χ4v) is 6.77. The summed E-state index contributed by atoms with van der Waals surface area (Å²) in [7, 11) is 0. The van der Waals surface area contributed by atoms with Crippen molar-refractivity contribution < 1.29 is 28.7 Å². The molecule has 0 bridgehead atoms. The van der Waals surface area contributed by atoms with Crippen LogP contribution in [-0.4, -0.2) is 75.6 Å². The lowest BCUT2D eigenvalue weighted by Gasteiger charge is -2.36. The standard InChI is InChI=1S/C30H44Cl2N4O6/c1-6-8-15-20(24(37)26(39)33-16-9-7-2)34-25(38)23-21-19(30(21,31)32)17-36(23)27(40)22(18-13-11-10-12-14-18)35-28(41)42-29(3,4)5/h6-7,18-23H,1-2,8-17H2,3-5H3,(H,33,39)(H,34,38)(H,35,41)/t19-,20?,21-,22-,23-/m0/s1. The van der Waals surface area contributed by atoms with Crippen LogP contribution in [0.25, 0.3) is 0 Å². The molecule has 234 valence electrons. The third-order valence-electron chi connectivity index (χ3n) is 8.09. The van der Waals surface area contributed by atoms with E-state index in [9.17, 15) is 24.0 Å². The fourth-order valence-electron chi connectivity index (χ4n) is 5.94. The van der Waals surface area contributed by atoms with Crippen LogP contribution in [0.4, 0.5) is 4.79 Å². The molecule has 2 aliphatic carbocycles. The van der Waals surface area contributed by atoms with Crippen LogP contribution >= 0.6 is 23.2 Å². The molecular formula is C30H44Cl2N4O6. The van der Waals surface area contributed by atoms with Gasteiger partial charge in [-0.25, -0.2) is 4.79 Å². The Morgan fingerprint density at radius 3 is 2.26 bits per heavy atom. The summed E-state index contributed by atoms with van der Waals surface area (Å²) < 4.78 is 4.24. The molecule has 10 nitrogen and oxygen atoms in total. The van der Waals surface area contributed by atoms with Crippen LogP contribution in [0, 0.1) is 17.8 Å². The number of likely N-dealkylation sites (tertiary alicyclic amines) is 1. The van der Waals surface area contributed by atoms with E-state index in [1.54, 1.807) is 32.9 Å². The number of ether oxygens (including phenoxy) is 1. The van der Waals surface area contributed by atoms with E-state index < -0.39 is 63.6 Å². The van der Waals surface area contributed by atoms with E-state index in [1.165, 1.54) is 4.90 Å². The molecule has 3 rings (SSSR count). The molecule has 4 amide bonds. The topological polar surface area (TPSA) is 134 Å². The molecule has 3 aliphatic rings. The quantitative estimate of drug-likeness (QED) is 0.123. The Morgan fingerprint density at radius 1 is 1.02 bits per heavy atom. The summed E-state index contributed by atoms with van der Waals surface area (Å²) in [4.78, 5) is 67.6. The molecule has 42 heavy (non-hydrogen) atoms. The lowest BCUT2D eigenvalue weighted by atomic mass is 9.83. The third kappa shape index (κ3) is 8.28. The molecule has 0 aromatic carbocycles. The molecule has 0 radical (unpaired) electrons. The van der Waals surface area contributed by atoms with Gasteiger partial charge >= 0.3 is 6.09 Å². The van der Waals surface area contributed by atoms with Gasteiger partial charge in [0.15, 0.2) is 0 Å². The van der Waals surface area contributed by atoms with Crippen molar-refractivity contribution in [2.75, 3.05) is 13.1 Å². The van der Waals surface area contributed by atoms with Gasteiger partial charge < -0.3 is 25.6 Å². The van der Waals surface area contributed by atoms with Crippen molar-refractivity contribution in [3.63, 3.8) is 0 Å².